The molecule has 1 aliphatic heterocycles. The van der Waals surface area contributed by atoms with Gasteiger partial charge in [-0.2, -0.15) is 0 Å². The molecule has 0 unspecified atom stereocenters. The van der Waals surface area contributed by atoms with Crippen LogP contribution in [0.4, 0.5) is 11.4 Å². The normalized spacial score (nSPS) is 13.2. The van der Waals surface area contributed by atoms with E-state index in [0.717, 1.165) is 0 Å². The van der Waals surface area contributed by atoms with Crippen molar-refractivity contribution in [1.29, 1.82) is 0 Å². The summed E-state index contributed by atoms with van der Waals surface area (Å²) in [6.07, 6.45) is -0.871. The first-order valence-electron chi connectivity index (χ1n) is 7.25. The Morgan fingerprint density at radius 1 is 1.28 bits per heavy atom. The number of rotatable bonds is 5. The van der Waals surface area contributed by atoms with Crippen molar-refractivity contribution in [3.63, 3.8) is 0 Å². The van der Waals surface area contributed by atoms with Crippen LogP contribution in [-0.4, -0.2) is 23.7 Å². The van der Waals surface area contributed by atoms with E-state index in [1.807, 2.05) is 0 Å². The van der Waals surface area contributed by atoms with Crippen molar-refractivity contribution < 1.29 is 23.9 Å². The van der Waals surface area contributed by atoms with Gasteiger partial charge in [-0.05, 0) is 25.1 Å². The third-order valence-corrected chi connectivity index (χ3v) is 3.73. The molecule has 0 radical (unpaired) electrons. The molecule has 0 bridgehead atoms. The number of non-ortho nitro benzene ring substituents is 1. The van der Waals surface area contributed by atoms with Gasteiger partial charge in [0, 0.05) is 23.9 Å². The van der Waals surface area contributed by atoms with E-state index in [9.17, 15) is 14.9 Å². The van der Waals surface area contributed by atoms with Crippen LogP contribution in [0.15, 0.2) is 36.4 Å². The summed E-state index contributed by atoms with van der Waals surface area (Å²) in [5.41, 5.74) is 0.370. The fourth-order valence-electron chi connectivity index (χ4n) is 2.16. The highest BCUT2D eigenvalue weighted by Crippen LogP contribution is 2.34. The third-order valence-electron chi connectivity index (χ3n) is 3.44. The minimum absolute atomic E-state index is 0.0527. The van der Waals surface area contributed by atoms with Gasteiger partial charge in [0.25, 0.3) is 11.6 Å². The van der Waals surface area contributed by atoms with E-state index in [0.29, 0.717) is 17.2 Å². The van der Waals surface area contributed by atoms with Crippen LogP contribution in [0.2, 0.25) is 5.02 Å². The molecule has 130 valence electrons. The zero-order chi connectivity index (χ0) is 18.0. The summed E-state index contributed by atoms with van der Waals surface area (Å²) in [5.74, 6) is 0.929. The summed E-state index contributed by atoms with van der Waals surface area (Å²) in [6, 6.07) is 8.79. The van der Waals surface area contributed by atoms with Gasteiger partial charge in [0.15, 0.2) is 17.6 Å². The van der Waals surface area contributed by atoms with E-state index in [4.69, 9.17) is 25.8 Å². The van der Waals surface area contributed by atoms with E-state index < -0.39 is 16.9 Å². The highest BCUT2D eigenvalue weighted by molar-refractivity contribution is 6.32. The summed E-state index contributed by atoms with van der Waals surface area (Å²) in [7, 11) is 0. The molecule has 25 heavy (non-hydrogen) atoms. The summed E-state index contributed by atoms with van der Waals surface area (Å²) in [6.45, 7) is 1.69. The van der Waals surface area contributed by atoms with E-state index >= 15 is 0 Å². The highest BCUT2D eigenvalue weighted by atomic mass is 35.5. The number of carbonyl (C=O) groups is 1. The number of hydrogen-bond acceptors (Lipinski definition) is 6. The summed E-state index contributed by atoms with van der Waals surface area (Å²) < 4.78 is 15.9. The summed E-state index contributed by atoms with van der Waals surface area (Å²) in [5, 5.41) is 13.4. The summed E-state index contributed by atoms with van der Waals surface area (Å²) >= 11 is 5.95. The van der Waals surface area contributed by atoms with Gasteiger partial charge < -0.3 is 19.5 Å². The molecule has 1 amide bonds. The predicted molar refractivity (Wildman–Crippen MR) is 89.4 cm³/mol. The number of benzene rings is 2. The number of nitrogens with one attached hydrogen (secondary N) is 1. The van der Waals surface area contributed by atoms with Crippen LogP contribution in [0, 0.1) is 10.1 Å². The zero-order valence-corrected chi connectivity index (χ0v) is 13.8. The number of nitrogens with zero attached hydrogens (tertiary/aromatic N) is 1. The Morgan fingerprint density at radius 3 is 2.76 bits per heavy atom. The number of carbonyl (C=O) groups excluding carboxylic acids is 1. The largest absolute Gasteiger partial charge is 0.479 e. The molecule has 0 fully saturated rings. The van der Waals surface area contributed by atoms with Gasteiger partial charge in [0.1, 0.15) is 5.75 Å². The molecule has 3 rings (SSSR count). The number of nitro groups is 1. The number of fused-ring (bicyclic) bond motifs is 1. The lowest BCUT2D eigenvalue weighted by Gasteiger charge is -2.15. The van der Waals surface area contributed by atoms with Gasteiger partial charge in [-0.3, -0.25) is 14.9 Å². The topological polar surface area (TPSA) is 99.9 Å². The van der Waals surface area contributed by atoms with Crippen LogP contribution in [0.25, 0.3) is 0 Å². The Morgan fingerprint density at radius 2 is 2.04 bits per heavy atom. The smallest absolute Gasteiger partial charge is 0.271 e. The number of ether oxygens (including phenoxy) is 3. The number of anilines is 1. The Bertz CT molecular complexity index is 841. The number of halogens is 1. The molecule has 0 spiro atoms. The van der Waals surface area contributed by atoms with Crippen molar-refractivity contribution in [1.82, 2.24) is 0 Å². The second-order valence-corrected chi connectivity index (χ2v) is 5.60. The van der Waals surface area contributed by atoms with Crippen LogP contribution in [0.3, 0.4) is 0 Å². The lowest BCUT2D eigenvalue weighted by molar-refractivity contribution is -0.384. The molecular weight excluding hydrogens is 352 g/mol. The molecule has 2 aromatic carbocycles. The van der Waals surface area contributed by atoms with Crippen LogP contribution >= 0.6 is 11.6 Å². The summed E-state index contributed by atoms with van der Waals surface area (Å²) in [4.78, 5) is 22.4. The fraction of sp³-hybridized carbons (Fsp3) is 0.188. The quantitative estimate of drug-likeness (QED) is 0.644. The monoisotopic (exact) mass is 364 g/mol. The van der Waals surface area contributed by atoms with Crippen molar-refractivity contribution in [2.75, 3.05) is 12.1 Å². The highest BCUT2D eigenvalue weighted by Gasteiger charge is 2.19. The maximum absolute atomic E-state index is 12.2. The number of nitro benzene ring substituents is 1. The van der Waals surface area contributed by atoms with E-state index in [1.54, 1.807) is 25.1 Å². The number of hydrogen-bond donors (Lipinski definition) is 1. The van der Waals surface area contributed by atoms with Gasteiger partial charge in [-0.25, -0.2) is 0 Å². The minimum atomic E-state index is -0.871. The lowest BCUT2D eigenvalue weighted by Crippen LogP contribution is -2.30. The Hall–Kier alpha value is -3.00. The van der Waals surface area contributed by atoms with Gasteiger partial charge in [0.05, 0.1) is 9.95 Å². The van der Waals surface area contributed by atoms with Crippen LogP contribution < -0.4 is 19.5 Å². The molecule has 1 heterocycles. The second-order valence-electron chi connectivity index (χ2n) is 5.19. The van der Waals surface area contributed by atoms with Crippen molar-refractivity contribution in [3.8, 4) is 17.2 Å². The Balaban J connectivity index is 1.65. The fourth-order valence-corrected chi connectivity index (χ4v) is 2.38. The number of amides is 1. The molecule has 0 saturated heterocycles. The predicted octanol–water partition coefficient (Wildman–Crippen LogP) is 3.38. The van der Waals surface area contributed by atoms with Gasteiger partial charge >= 0.3 is 0 Å². The van der Waals surface area contributed by atoms with Crippen molar-refractivity contribution in [3.05, 3.63) is 51.5 Å². The molecule has 0 saturated carbocycles. The third kappa shape index (κ3) is 3.74. The maximum atomic E-state index is 12.2. The first-order chi connectivity index (χ1) is 11.9. The first-order valence-corrected chi connectivity index (χ1v) is 7.63. The zero-order valence-electron chi connectivity index (χ0n) is 13.0. The minimum Gasteiger partial charge on any atom is -0.479 e. The lowest BCUT2D eigenvalue weighted by atomic mass is 10.2. The molecule has 1 aliphatic rings. The van der Waals surface area contributed by atoms with Crippen LogP contribution in [0.5, 0.6) is 17.2 Å². The van der Waals surface area contributed by atoms with Gasteiger partial charge in [-0.15, -0.1) is 0 Å². The van der Waals surface area contributed by atoms with Gasteiger partial charge in [0.2, 0.25) is 6.79 Å². The average Bonchev–Trinajstić information content (AvgIpc) is 3.04. The van der Waals surface area contributed by atoms with Crippen LogP contribution in [-0.2, 0) is 4.79 Å². The van der Waals surface area contributed by atoms with Crippen LogP contribution in [0.1, 0.15) is 6.92 Å². The Labute approximate surface area is 147 Å². The standard InChI is InChI=1S/C16H13ClN2O6/c1-9(25-13-5-3-11(19(21)22)7-12(13)17)16(20)18-10-2-4-14-15(6-10)24-8-23-14/h2-7,9H,8H2,1H3,(H,18,20)/t9-/m0/s1. The average molecular weight is 365 g/mol. The molecule has 0 aliphatic carbocycles. The van der Waals surface area contributed by atoms with E-state index in [2.05, 4.69) is 5.32 Å². The molecular formula is C16H13ClN2O6. The van der Waals surface area contributed by atoms with Crippen molar-refractivity contribution in [2.45, 2.75) is 13.0 Å². The molecule has 1 N–H and O–H groups in total. The van der Waals surface area contributed by atoms with Gasteiger partial charge in [-0.1, -0.05) is 11.6 Å². The molecule has 8 nitrogen and oxygen atoms in total. The van der Waals surface area contributed by atoms with Crippen molar-refractivity contribution in [2.24, 2.45) is 0 Å². The molecule has 2 aromatic rings. The molecule has 9 heteroatoms. The SMILES string of the molecule is C[C@H](Oc1ccc([N+](=O)[O-])cc1Cl)C(=O)Nc1ccc2c(c1)OCO2. The first kappa shape index (κ1) is 16.8. The van der Waals surface area contributed by atoms with Crippen molar-refractivity contribution >= 4 is 28.9 Å². The molecule has 0 aromatic heterocycles. The Kier molecular flexibility index (Phi) is 4.62. The van der Waals surface area contributed by atoms with E-state index in [1.165, 1.54) is 18.2 Å². The van der Waals surface area contributed by atoms with E-state index in [-0.39, 0.29) is 23.3 Å². The maximum Gasteiger partial charge on any atom is 0.271 e. The molecule has 1 atom stereocenters. The second kappa shape index (κ2) is 6.86.